The first-order chi connectivity index (χ1) is 7.26. The lowest BCUT2D eigenvalue weighted by atomic mass is 9.96. The lowest BCUT2D eigenvalue weighted by molar-refractivity contribution is 0.127. The number of aromatic nitrogens is 2. The van der Waals surface area contributed by atoms with Gasteiger partial charge in [-0.1, -0.05) is 0 Å². The van der Waals surface area contributed by atoms with Crippen molar-refractivity contribution in [3.8, 4) is 0 Å². The van der Waals surface area contributed by atoms with E-state index in [1.54, 1.807) is 6.20 Å². The maximum Gasteiger partial charge on any atom is 0.169 e. The van der Waals surface area contributed by atoms with Crippen molar-refractivity contribution in [2.75, 3.05) is 13.1 Å². The van der Waals surface area contributed by atoms with Gasteiger partial charge >= 0.3 is 0 Å². The number of alkyl halides is 1. The summed E-state index contributed by atoms with van der Waals surface area (Å²) in [5, 5.41) is 3.22. The first kappa shape index (κ1) is 10.6. The molecule has 3 nitrogen and oxygen atoms in total. The Morgan fingerprint density at radius 2 is 2.40 bits per heavy atom. The van der Waals surface area contributed by atoms with Gasteiger partial charge in [-0.3, -0.25) is 0 Å². The molecule has 0 aliphatic carbocycles. The second-order valence-electron chi connectivity index (χ2n) is 4.11. The molecule has 0 bridgehead atoms. The predicted molar refractivity (Wildman–Crippen MR) is 57.4 cm³/mol. The van der Waals surface area contributed by atoms with Crippen molar-refractivity contribution in [1.82, 2.24) is 14.9 Å². The third-order valence-electron chi connectivity index (χ3n) is 3.08. The fraction of sp³-hybridized carbons (Fsp3) is 0.727. The van der Waals surface area contributed by atoms with E-state index >= 15 is 0 Å². The molecule has 0 radical (unpaired) electrons. The first-order valence-electron chi connectivity index (χ1n) is 5.67. The van der Waals surface area contributed by atoms with Gasteiger partial charge in [-0.2, -0.15) is 0 Å². The highest BCUT2D eigenvalue weighted by molar-refractivity contribution is 5.06. The lowest BCUT2D eigenvalue weighted by Crippen LogP contribution is -2.26. The number of halogens is 1. The fourth-order valence-electron chi connectivity index (χ4n) is 2.21. The Bertz CT molecular complexity index is 313. The largest absolute Gasteiger partial charge is 0.333 e. The number of nitrogens with one attached hydrogen (secondary N) is 1. The Balaban J connectivity index is 2.26. The van der Waals surface area contributed by atoms with Crippen LogP contribution < -0.4 is 5.32 Å². The standard InChI is InChI=1S/C11H18FN3/c1-2-15-9-8-14-10(15)11(12)4-3-6-13-7-5-11/h8-9,13H,2-7H2,1H3. The molecule has 1 atom stereocenters. The van der Waals surface area contributed by atoms with Crippen LogP contribution in [0.4, 0.5) is 4.39 Å². The SMILES string of the molecule is CCn1ccnc1C1(F)CCCNCC1. The molecule has 2 rings (SSSR count). The van der Waals surface area contributed by atoms with Gasteiger partial charge in [0.25, 0.3) is 0 Å². The summed E-state index contributed by atoms with van der Waals surface area (Å²) >= 11 is 0. The highest BCUT2D eigenvalue weighted by Gasteiger charge is 2.36. The molecule has 1 saturated heterocycles. The van der Waals surface area contributed by atoms with Gasteiger partial charge < -0.3 is 9.88 Å². The molecule has 1 aliphatic rings. The molecular weight excluding hydrogens is 193 g/mol. The van der Waals surface area contributed by atoms with E-state index in [1.165, 1.54) is 0 Å². The molecule has 1 aromatic heterocycles. The van der Waals surface area contributed by atoms with Crippen LogP contribution in [0.5, 0.6) is 0 Å². The van der Waals surface area contributed by atoms with E-state index in [1.807, 2.05) is 17.7 Å². The molecule has 1 aromatic rings. The molecule has 0 spiro atoms. The zero-order valence-electron chi connectivity index (χ0n) is 9.17. The number of imidazole rings is 1. The molecule has 4 heteroatoms. The van der Waals surface area contributed by atoms with E-state index in [-0.39, 0.29) is 0 Å². The summed E-state index contributed by atoms with van der Waals surface area (Å²) in [6.45, 7) is 4.46. The molecule has 1 fully saturated rings. The van der Waals surface area contributed by atoms with E-state index in [2.05, 4.69) is 10.3 Å². The molecule has 0 saturated carbocycles. The van der Waals surface area contributed by atoms with Crippen LogP contribution >= 0.6 is 0 Å². The van der Waals surface area contributed by atoms with Crippen molar-refractivity contribution >= 4 is 0 Å². The van der Waals surface area contributed by atoms with Crippen molar-refractivity contribution in [3.63, 3.8) is 0 Å². The number of hydrogen-bond donors (Lipinski definition) is 1. The average molecular weight is 211 g/mol. The summed E-state index contributed by atoms with van der Waals surface area (Å²) < 4.78 is 16.6. The number of rotatable bonds is 2. The van der Waals surface area contributed by atoms with Crippen molar-refractivity contribution in [3.05, 3.63) is 18.2 Å². The molecule has 2 heterocycles. The van der Waals surface area contributed by atoms with Gasteiger partial charge in [0, 0.05) is 25.4 Å². The van der Waals surface area contributed by atoms with E-state index < -0.39 is 5.67 Å². The first-order valence-corrected chi connectivity index (χ1v) is 5.67. The topological polar surface area (TPSA) is 29.9 Å². The summed E-state index contributed by atoms with van der Waals surface area (Å²) in [4.78, 5) is 4.18. The minimum absolute atomic E-state index is 0.532. The van der Waals surface area contributed by atoms with Crippen LogP contribution in [0.25, 0.3) is 0 Å². The molecule has 0 amide bonds. The smallest absolute Gasteiger partial charge is 0.169 e. The Morgan fingerprint density at radius 3 is 3.20 bits per heavy atom. The summed E-state index contributed by atoms with van der Waals surface area (Å²) in [5.41, 5.74) is -1.23. The van der Waals surface area contributed by atoms with Crippen molar-refractivity contribution in [2.24, 2.45) is 0 Å². The molecule has 0 aromatic carbocycles. The van der Waals surface area contributed by atoms with Crippen molar-refractivity contribution < 1.29 is 4.39 Å². The van der Waals surface area contributed by atoms with Crippen LogP contribution in [-0.2, 0) is 12.2 Å². The van der Waals surface area contributed by atoms with Crippen LogP contribution in [0.3, 0.4) is 0 Å². The normalized spacial score (nSPS) is 27.6. The van der Waals surface area contributed by atoms with Crippen LogP contribution in [-0.4, -0.2) is 22.6 Å². The molecule has 1 unspecified atom stereocenters. The van der Waals surface area contributed by atoms with Crippen LogP contribution in [0.2, 0.25) is 0 Å². The van der Waals surface area contributed by atoms with E-state index in [4.69, 9.17) is 0 Å². The molecule has 84 valence electrons. The Morgan fingerprint density at radius 1 is 1.53 bits per heavy atom. The second-order valence-corrected chi connectivity index (χ2v) is 4.11. The Kier molecular flexibility index (Phi) is 3.05. The van der Waals surface area contributed by atoms with Gasteiger partial charge in [-0.15, -0.1) is 0 Å². The Labute approximate surface area is 89.7 Å². The van der Waals surface area contributed by atoms with Crippen molar-refractivity contribution in [1.29, 1.82) is 0 Å². The predicted octanol–water partition coefficient (Wildman–Crippen LogP) is 1.84. The van der Waals surface area contributed by atoms with E-state index in [0.717, 1.165) is 26.1 Å². The summed E-state index contributed by atoms with van der Waals surface area (Å²) in [6.07, 6.45) is 5.54. The lowest BCUT2D eigenvalue weighted by Gasteiger charge is -2.23. The average Bonchev–Trinajstić information content (AvgIpc) is 2.62. The second kappa shape index (κ2) is 4.31. The van der Waals surface area contributed by atoms with Crippen LogP contribution in [0, 0.1) is 0 Å². The monoisotopic (exact) mass is 211 g/mol. The van der Waals surface area contributed by atoms with Crippen molar-refractivity contribution in [2.45, 2.75) is 38.4 Å². The van der Waals surface area contributed by atoms with Gasteiger partial charge in [0.2, 0.25) is 0 Å². The Hall–Kier alpha value is -0.900. The maximum atomic E-state index is 14.7. The zero-order chi connectivity index (χ0) is 10.7. The fourth-order valence-corrected chi connectivity index (χ4v) is 2.21. The van der Waals surface area contributed by atoms with Gasteiger partial charge in [-0.05, 0) is 32.9 Å². The summed E-state index contributed by atoms with van der Waals surface area (Å²) in [7, 11) is 0. The molecule has 1 N–H and O–H groups in total. The third kappa shape index (κ3) is 2.04. The number of aryl methyl sites for hydroxylation is 1. The number of hydrogen-bond acceptors (Lipinski definition) is 2. The van der Waals surface area contributed by atoms with Crippen LogP contribution in [0.1, 0.15) is 32.0 Å². The maximum absolute atomic E-state index is 14.7. The highest BCUT2D eigenvalue weighted by atomic mass is 19.1. The minimum atomic E-state index is -1.23. The van der Waals surface area contributed by atoms with Gasteiger partial charge in [0.1, 0.15) is 5.82 Å². The molecular formula is C11H18FN3. The van der Waals surface area contributed by atoms with Gasteiger partial charge in [0.15, 0.2) is 5.67 Å². The third-order valence-corrected chi connectivity index (χ3v) is 3.08. The molecule has 15 heavy (non-hydrogen) atoms. The summed E-state index contributed by atoms with van der Waals surface area (Å²) in [5.74, 6) is 0.605. The minimum Gasteiger partial charge on any atom is -0.333 e. The van der Waals surface area contributed by atoms with E-state index in [9.17, 15) is 4.39 Å². The molecule has 1 aliphatic heterocycles. The quantitative estimate of drug-likeness (QED) is 0.809. The van der Waals surface area contributed by atoms with Gasteiger partial charge in [-0.25, -0.2) is 9.37 Å². The van der Waals surface area contributed by atoms with Crippen LogP contribution in [0.15, 0.2) is 12.4 Å². The number of nitrogens with zero attached hydrogens (tertiary/aromatic N) is 2. The zero-order valence-corrected chi connectivity index (χ0v) is 9.17. The van der Waals surface area contributed by atoms with Gasteiger partial charge in [0.05, 0.1) is 0 Å². The highest BCUT2D eigenvalue weighted by Crippen LogP contribution is 2.34. The summed E-state index contributed by atoms with van der Waals surface area (Å²) in [6, 6.07) is 0. The van der Waals surface area contributed by atoms with E-state index in [0.29, 0.717) is 18.7 Å².